The lowest BCUT2D eigenvalue weighted by Gasteiger charge is -2.41. The smallest absolute Gasteiger partial charge is 0.321 e. The van der Waals surface area contributed by atoms with E-state index in [2.05, 4.69) is 34.3 Å². The number of carbonyl (C=O) groups excluding carboxylic acids is 1. The molecule has 3 aromatic rings. The molecule has 2 N–H and O–H groups in total. The Hall–Kier alpha value is -3.45. The van der Waals surface area contributed by atoms with Crippen LogP contribution in [0.1, 0.15) is 48.3 Å². The van der Waals surface area contributed by atoms with E-state index in [0.29, 0.717) is 43.0 Å². The summed E-state index contributed by atoms with van der Waals surface area (Å²) in [5.74, 6) is -0.737. The Morgan fingerprint density at radius 2 is 1.78 bits per heavy atom. The third-order valence-corrected chi connectivity index (χ3v) is 8.15. The average molecular weight is 504 g/mol. The normalized spacial score (nSPS) is 19.0. The summed E-state index contributed by atoms with van der Waals surface area (Å²) in [5.41, 5.74) is 3.69. The maximum Gasteiger partial charge on any atom is 0.321 e. The van der Waals surface area contributed by atoms with Gasteiger partial charge in [0.15, 0.2) is 0 Å². The number of hydrogen-bond acceptors (Lipinski definition) is 3. The number of para-hydroxylation sites is 1. The number of fused-ring (bicyclic) bond motifs is 1. The van der Waals surface area contributed by atoms with Gasteiger partial charge in [0.05, 0.1) is 0 Å². The quantitative estimate of drug-likeness (QED) is 0.454. The van der Waals surface area contributed by atoms with Gasteiger partial charge in [0.2, 0.25) is 5.91 Å². The fourth-order valence-electron chi connectivity index (χ4n) is 6.00. The first-order valence-corrected chi connectivity index (χ1v) is 13.2. The van der Waals surface area contributed by atoms with E-state index in [1.807, 2.05) is 6.07 Å². The van der Waals surface area contributed by atoms with Crippen molar-refractivity contribution in [2.45, 2.75) is 44.6 Å². The Morgan fingerprint density at radius 1 is 1.05 bits per heavy atom. The minimum Gasteiger partial charge on any atom is -0.480 e. The van der Waals surface area contributed by atoms with Crippen molar-refractivity contribution in [3.8, 4) is 0 Å². The first-order chi connectivity index (χ1) is 17.9. The van der Waals surface area contributed by atoms with Crippen LogP contribution in [-0.4, -0.2) is 64.0 Å². The fourth-order valence-corrected chi connectivity index (χ4v) is 6.00. The number of carboxylic acid groups (broad SMARTS) is 1. The van der Waals surface area contributed by atoms with Crippen LogP contribution in [0.3, 0.4) is 0 Å². The van der Waals surface area contributed by atoms with Gasteiger partial charge in [-0.1, -0.05) is 30.3 Å². The number of halogens is 1. The number of aromatic nitrogens is 1. The first kappa shape index (κ1) is 25.2. The Balaban J connectivity index is 1.16. The van der Waals surface area contributed by atoms with Gasteiger partial charge in [-0.3, -0.25) is 14.5 Å². The van der Waals surface area contributed by atoms with Crippen molar-refractivity contribution in [2.24, 2.45) is 5.92 Å². The largest absolute Gasteiger partial charge is 0.480 e. The molecule has 0 radical (unpaired) electrons. The highest BCUT2D eigenvalue weighted by Crippen LogP contribution is 2.35. The molecule has 7 heteroatoms. The number of carboxylic acids is 1. The zero-order chi connectivity index (χ0) is 25.9. The molecule has 2 saturated heterocycles. The molecule has 0 bridgehead atoms. The Kier molecular flexibility index (Phi) is 7.42. The number of hydrogen-bond donors (Lipinski definition) is 2. The van der Waals surface area contributed by atoms with Gasteiger partial charge in [-0.05, 0) is 92.4 Å². The van der Waals surface area contributed by atoms with E-state index in [1.54, 1.807) is 30.0 Å². The number of nitrogens with zero attached hydrogens (tertiary/aromatic N) is 2. The zero-order valence-electron chi connectivity index (χ0n) is 21.2. The second-order valence-electron chi connectivity index (χ2n) is 10.4. The van der Waals surface area contributed by atoms with Crippen molar-refractivity contribution < 1.29 is 19.1 Å². The fraction of sp³-hybridized carbons (Fsp3) is 0.400. The van der Waals surface area contributed by atoms with E-state index < -0.39 is 12.0 Å². The molecule has 6 nitrogen and oxygen atoms in total. The van der Waals surface area contributed by atoms with E-state index in [0.717, 1.165) is 31.4 Å². The highest BCUT2D eigenvalue weighted by Gasteiger charge is 2.38. The number of aliphatic carboxylic acids is 1. The van der Waals surface area contributed by atoms with Gasteiger partial charge in [0.25, 0.3) is 0 Å². The van der Waals surface area contributed by atoms with E-state index in [9.17, 15) is 19.1 Å². The van der Waals surface area contributed by atoms with E-state index in [-0.39, 0.29) is 17.6 Å². The number of carbonyl (C=O) groups is 2. The summed E-state index contributed by atoms with van der Waals surface area (Å²) in [6.07, 6.45) is 8.43. The molecule has 194 valence electrons. The van der Waals surface area contributed by atoms with Crippen molar-refractivity contribution in [3.63, 3.8) is 0 Å². The van der Waals surface area contributed by atoms with Crippen molar-refractivity contribution in [1.29, 1.82) is 0 Å². The average Bonchev–Trinajstić information content (AvgIpc) is 3.34. The number of aryl methyl sites for hydroxylation is 1. The number of likely N-dealkylation sites (tertiary alicyclic amines) is 2. The lowest BCUT2D eigenvalue weighted by molar-refractivity contribution is -0.147. The molecule has 0 spiro atoms. The molecule has 5 rings (SSSR count). The van der Waals surface area contributed by atoms with Gasteiger partial charge in [-0.2, -0.15) is 0 Å². The summed E-state index contributed by atoms with van der Waals surface area (Å²) >= 11 is 0. The third-order valence-electron chi connectivity index (χ3n) is 8.15. The Morgan fingerprint density at radius 3 is 2.49 bits per heavy atom. The topological polar surface area (TPSA) is 76.6 Å². The molecule has 2 fully saturated rings. The molecule has 0 saturated carbocycles. The van der Waals surface area contributed by atoms with Gasteiger partial charge in [-0.15, -0.1) is 0 Å². The summed E-state index contributed by atoms with van der Waals surface area (Å²) in [6.45, 7) is 4.29. The second kappa shape index (κ2) is 10.9. The molecular formula is C30H34FN3O3. The van der Waals surface area contributed by atoms with Crippen molar-refractivity contribution >= 4 is 28.9 Å². The van der Waals surface area contributed by atoms with Gasteiger partial charge in [0.1, 0.15) is 11.9 Å². The minimum absolute atomic E-state index is 0.0152. The minimum atomic E-state index is -0.767. The zero-order valence-corrected chi connectivity index (χ0v) is 21.2. The number of piperidine rings is 2. The van der Waals surface area contributed by atoms with Crippen LogP contribution in [0.25, 0.3) is 17.0 Å². The van der Waals surface area contributed by atoms with E-state index >= 15 is 0 Å². The van der Waals surface area contributed by atoms with E-state index in [1.165, 1.54) is 23.1 Å². The van der Waals surface area contributed by atoms with Crippen LogP contribution in [0.15, 0.2) is 54.7 Å². The summed E-state index contributed by atoms with van der Waals surface area (Å²) in [4.78, 5) is 32.3. The van der Waals surface area contributed by atoms with Crippen LogP contribution in [0.2, 0.25) is 0 Å². The molecule has 2 aliphatic rings. The maximum atomic E-state index is 13.8. The number of rotatable bonds is 6. The summed E-state index contributed by atoms with van der Waals surface area (Å²) in [6, 6.07) is 12.7. The SMILES string of the molecule is Cc1ccc(C=CC(=O)N2CCC(C(C(=O)O)N3CCC(c4c[nH]c5ccccc45)CC3)CC2)cc1F. The Bertz CT molecular complexity index is 1300. The van der Waals surface area contributed by atoms with Gasteiger partial charge < -0.3 is 15.0 Å². The molecule has 0 aliphatic carbocycles. The van der Waals surface area contributed by atoms with Crippen molar-refractivity contribution in [3.05, 3.63) is 77.2 Å². The molecule has 2 aromatic carbocycles. The predicted molar refractivity (Wildman–Crippen MR) is 143 cm³/mol. The van der Waals surface area contributed by atoms with Crippen LogP contribution in [-0.2, 0) is 9.59 Å². The number of benzene rings is 2. The lowest BCUT2D eigenvalue weighted by Crippen LogP contribution is -2.52. The molecule has 37 heavy (non-hydrogen) atoms. The molecular weight excluding hydrogens is 469 g/mol. The van der Waals surface area contributed by atoms with Crippen LogP contribution in [0, 0.1) is 18.7 Å². The number of amides is 1. The summed E-state index contributed by atoms with van der Waals surface area (Å²) < 4.78 is 13.8. The predicted octanol–water partition coefficient (Wildman–Crippen LogP) is 5.20. The number of nitrogens with one attached hydrogen (secondary N) is 1. The molecule has 2 aliphatic heterocycles. The number of H-pyrrole nitrogens is 1. The standard InChI is InChI=1S/C30H34FN3O3/c1-20-6-7-21(18-26(20)31)8-9-28(35)33-14-12-23(13-15-33)29(30(36)37)34-16-10-22(11-17-34)25-19-32-27-5-3-2-4-24(25)27/h2-9,18-19,22-23,29,32H,10-17H2,1H3,(H,36,37). The number of aromatic amines is 1. The van der Waals surface area contributed by atoms with Crippen molar-refractivity contribution in [2.75, 3.05) is 26.2 Å². The molecule has 3 heterocycles. The maximum absolute atomic E-state index is 13.8. The molecule has 1 amide bonds. The van der Waals surface area contributed by atoms with Gasteiger partial charge >= 0.3 is 5.97 Å². The Labute approximate surface area is 216 Å². The molecule has 1 aromatic heterocycles. The van der Waals surface area contributed by atoms with Gasteiger partial charge in [0, 0.05) is 36.3 Å². The van der Waals surface area contributed by atoms with Crippen LogP contribution < -0.4 is 0 Å². The third kappa shape index (κ3) is 5.47. The second-order valence-corrected chi connectivity index (χ2v) is 10.4. The van der Waals surface area contributed by atoms with E-state index in [4.69, 9.17) is 0 Å². The van der Waals surface area contributed by atoms with Crippen LogP contribution in [0.4, 0.5) is 4.39 Å². The first-order valence-electron chi connectivity index (χ1n) is 13.2. The van der Waals surface area contributed by atoms with Crippen LogP contribution >= 0.6 is 0 Å². The van der Waals surface area contributed by atoms with Crippen molar-refractivity contribution in [1.82, 2.24) is 14.8 Å². The van der Waals surface area contributed by atoms with Crippen LogP contribution in [0.5, 0.6) is 0 Å². The monoisotopic (exact) mass is 503 g/mol. The molecule has 1 atom stereocenters. The highest BCUT2D eigenvalue weighted by atomic mass is 19.1. The summed E-state index contributed by atoms with van der Waals surface area (Å²) in [7, 11) is 0. The highest BCUT2D eigenvalue weighted by molar-refractivity contribution is 5.92. The molecule has 1 unspecified atom stereocenters. The summed E-state index contributed by atoms with van der Waals surface area (Å²) in [5, 5.41) is 11.4. The lowest BCUT2D eigenvalue weighted by atomic mass is 9.84. The van der Waals surface area contributed by atoms with Gasteiger partial charge in [-0.25, -0.2) is 4.39 Å².